The van der Waals surface area contributed by atoms with Crippen LogP contribution in [-0.4, -0.2) is 11.8 Å². The zero-order chi connectivity index (χ0) is 17.2. The van der Waals surface area contributed by atoms with Gasteiger partial charge in [0.25, 0.3) is 0 Å². The highest BCUT2D eigenvalue weighted by atomic mass is 16.4. The lowest BCUT2D eigenvalue weighted by Crippen LogP contribution is -2.25. The predicted molar refractivity (Wildman–Crippen MR) is 94.2 cm³/mol. The molecule has 3 nitrogen and oxygen atoms in total. The maximum atomic E-state index is 11.2. The number of carboxylic acid groups (broad SMARTS) is 1. The number of carbonyl (C=O) groups is 2. The summed E-state index contributed by atoms with van der Waals surface area (Å²) in [4.78, 5) is 21.4. The average molecular weight is 326 g/mol. The summed E-state index contributed by atoms with van der Waals surface area (Å²) in [6.45, 7) is 2.26. The van der Waals surface area contributed by atoms with E-state index in [1.165, 1.54) is 77.0 Å². The van der Waals surface area contributed by atoms with E-state index in [0.717, 1.165) is 19.3 Å². The first kappa shape index (κ1) is 22.1. The van der Waals surface area contributed by atoms with E-state index in [1.807, 2.05) is 0 Å². The number of carboxylic acids is 1. The SMILES string of the molecule is CCCCCCCCCCCCCCCCCC(=O)CC(=O)[O-]. The molecule has 0 bridgehead atoms. The Labute approximate surface area is 143 Å². The Kier molecular flexibility index (Phi) is 16.8. The lowest BCUT2D eigenvalue weighted by Gasteiger charge is -2.04. The number of hydrogen-bond donors (Lipinski definition) is 0. The fourth-order valence-electron chi connectivity index (χ4n) is 2.94. The van der Waals surface area contributed by atoms with E-state index in [9.17, 15) is 14.7 Å². The number of carbonyl (C=O) groups excluding carboxylic acids is 2. The van der Waals surface area contributed by atoms with Gasteiger partial charge >= 0.3 is 0 Å². The minimum absolute atomic E-state index is 0.195. The van der Waals surface area contributed by atoms with Crippen LogP contribution in [-0.2, 0) is 9.59 Å². The number of aliphatic carboxylic acids is 1. The van der Waals surface area contributed by atoms with Gasteiger partial charge in [0.2, 0.25) is 0 Å². The van der Waals surface area contributed by atoms with Gasteiger partial charge in [-0.15, -0.1) is 0 Å². The van der Waals surface area contributed by atoms with Gasteiger partial charge in [-0.2, -0.15) is 0 Å². The molecule has 136 valence electrons. The Morgan fingerprint density at radius 1 is 0.609 bits per heavy atom. The molecule has 0 atom stereocenters. The van der Waals surface area contributed by atoms with Gasteiger partial charge < -0.3 is 9.90 Å². The van der Waals surface area contributed by atoms with Gasteiger partial charge in [0.05, 0.1) is 0 Å². The molecule has 0 aromatic carbocycles. The van der Waals surface area contributed by atoms with Crippen molar-refractivity contribution in [1.29, 1.82) is 0 Å². The number of ketones is 1. The molecule has 0 rings (SSSR count). The van der Waals surface area contributed by atoms with E-state index in [1.54, 1.807) is 0 Å². The van der Waals surface area contributed by atoms with Crippen LogP contribution in [0.15, 0.2) is 0 Å². The standard InChI is InChI=1S/C20H38O3/c1-2-3-4-5-6-7-8-9-10-11-12-13-14-15-16-17-19(21)18-20(22)23/h2-18H2,1H3,(H,22,23)/p-1. The van der Waals surface area contributed by atoms with Crippen molar-refractivity contribution in [2.75, 3.05) is 0 Å². The largest absolute Gasteiger partial charge is 0.550 e. The maximum absolute atomic E-state index is 11.2. The van der Waals surface area contributed by atoms with E-state index in [-0.39, 0.29) is 5.78 Å². The normalized spacial score (nSPS) is 10.8. The molecule has 0 aliphatic heterocycles. The summed E-state index contributed by atoms with van der Waals surface area (Å²) in [6.07, 6.45) is 19.4. The third kappa shape index (κ3) is 19.1. The van der Waals surface area contributed by atoms with Crippen LogP contribution in [0, 0.1) is 0 Å². The van der Waals surface area contributed by atoms with E-state index in [2.05, 4.69) is 6.92 Å². The molecule has 0 aromatic rings. The molecule has 0 radical (unpaired) electrons. The molecular weight excluding hydrogens is 288 g/mol. The first-order valence-electron chi connectivity index (χ1n) is 9.88. The topological polar surface area (TPSA) is 57.2 Å². The van der Waals surface area contributed by atoms with Crippen molar-refractivity contribution in [2.45, 2.75) is 116 Å². The molecule has 0 fully saturated rings. The highest BCUT2D eigenvalue weighted by Gasteiger charge is 2.01. The summed E-state index contributed by atoms with van der Waals surface area (Å²) in [6, 6.07) is 0. The van der Waals surface area contributed by atoms with Crippen molar-refractivity contribution in [3.63, 3.8) is 0 Å². The molecule has 0 aromatic heterocycles. The Hall–Kier alpha value is -0.860. The van der Waals surface area contributed by atoms with Crippen molar-refractivity contribution < 1.29 is 14.7 Å². The molecule has 23 heavy (non-hydrogen) atoms. The second-order valence-corrected chi connectivity index (χ2v) is 6.79. The summed E-state index contributed by atoms with van der Waals surface area (Å²) in [5.74, 6) is -1.45. The van der Waals surface area contributed by atoms with Crippen LogP contribution in [0.3, 0.4) is 0 Å². The van der Waals surface area contributed by atoms with Gasteiger partial charge in [-0.3, -0.25) is 4.79 Å². The van der Waals surface area contributed by atoms with Crippen LogP contribution >= 0.6 is 0 Å². The first-order valence-corrected chi connectivity index (χ1v) is 9.88. The first-order chi connectivity index (χ1) is 11.2. The van der Waals surface area contributed by atoms with Gasteiger partial charge in [-0.25, -0.2) is 0 Å². The van der Waals surface area contributed by atoms with Crippen molar-refractivity contribution in [3.05, 3.63) is 0 Å². The Balaban J connectivity index is 3.08. The Bertz CT molecular complexity index is 287. The lowest BCUT2D eigenvalue weighted by molar-refractivity contribution is -0.304. The third-order valence-corrected chi connectivity index (χ3v) is 4.40. The minimum Gasteiger partial charge on any atom is -0.550 e. The lowest BCUT2D eigenvalue weighted by atomic mass is 10.0. The molecule has 0 spiro atoms. The maximum Gasteiger partial charge on any atom is 0.138 e. The van der Waals surface area contributed by atoms with Gasteiger partial charge in [0, 0.05) is 18.8 Å². The summed E-state index contributed by atoms with van der Waals surface area (Å²) < 4.78 is 0. The van der Waals surface area contributed by atoms with Gasteiger partial charge in [0.1, 0.15) is 5.78 Å². The zero-order valence-electron chi connectivity index (χ0n) is 15.2. The molecule has 0 saturated carbocycles. The van der Waals surface area contributed by atoms with Crippen LogP contribution < -0.4 is 5.11 Å². The fourth-order valence-corrected chi connectivity index (χ4v) is 2.94. The van der Waals surface area contributed by atoms with Crippen molar-refractivity contribution in [1.82, 2.24) is 0 Å². The van der Waals surface area contributed by atoms with Gasteiger partial charge in [0.15, 0.2) is 0 Å². The Morgan fingerprint density at radius 3 is 1.30 bits per heavy atom. The second kappa shape index (κ2) is 17.5. The monoisotopic (exact) mass is 325 g/mol. The van der Waals surface area contributed by atoms with E-state index in [4.69, 9.17) is 0 Å². The summed E-state index contributed by atoms with van der Waals surface area (Å²) in [7, 11) is 0. The van der Waals surface area contributed by atoms with Gasteiger partial charge in [-0.05, 0) is 6.42 Å². The molecule has 0 aliphatic rings. The number of unbranched alkanes of at least 4 members (excludes halogenated alkanes) is 14. The van der Waals surface area contributed by atoms with Crippen LogP contribution in [0.2, 0.25) is 0 Å². The van der Waals surface area contributed by atoms with E-state index in [0.29, 0.717) is 6.42 Å². The zero-order valence-corrected chi connectivity index (χ0v) is 15.2. The smallest absolute Gasteiger partial charge is 0.138 e. The molecule has 0 unspecified atom stereocenters. The average Bonchev–Trinajstić information content (AvgIpc) is 2.50. The van der Waals surface area contributed by atoms with Crippen LogP contribution in [0.4, 0.5) is 0 Å². The third-order valence-electron chi connectivity index (χ3n) is 4.40. The van der Waals surface area contributed by atoms with Crippen LogP contribution in [0.1, 0.15) is 116 Å². The molecule has 0 saturated heterocycles. The van der Waals surface area contributed by atoms with Crippen LogP contribution in [0.25, 0.3) is 0 Å². The highest BCUT2D eigenvalue weighted by molar-refractivity contribution is 5.93. The van der Waals surface area contributed by atoms with E-state index < -0.39 is 12.4 Å². The fraction of sp³-hybridized carbons (Fsp3) is 0.900. The summed E-state index contributed by atoms with van der Waals surface area (Å²) in [5, 5.41) is 10.2. The van der Waals surface area contributed by atoms with Crippen molar-refractivity contribution in [2.24, 2.45) is 0 Å². The highest BCUT2D eigenvalue weighted by Crippen LogP contribution is 2.13. The number of Topliss-reactive ketones (excluding diaryl/α,β-unsaturated/α-hetero) is 1. The van der Waals surface area contributed by atoms with Crippen molar-refractivity contribution >= 4 is 11.8 Å². The Morgan fingerprint density at radius 2 is 0.957 bits per heavy atom. The molecule has 0 heterocycles. The van der Waals surface area contributed by atoms with E-state index >= 15 is 0 Å². The summed E-state index contributed by atoms with van der Waals surface area (Å²) in [5.41, 5.74) is 0. The molecule has 0 N–H and O–H groups in total. The quantitative estimate of drug-likeness (QED) is 0.264. The predicted octanol–water partition coefficient (Wildman–Crippen LogP) is 4.96. The second-order valence-electron chi connectivity index (χ2n) is 6.79. The molecular formula is C20H37O3-. The molecule has 3 heteroatoms. The van der Waals surface area contributed by atoms with Crippen LogP contribution in [0.5, 0.6) is 0 Å². The molecule has 0 aliphatic carbocycles. The summed E-state index contributed by atoms with van der Waals surface area (Å²) >= 11 is 0. The number of hydrogen-bond acceptors (Lipinski definition) is 3. The number of rotatable bonds is 18. The minimum atomic E-state index is -1.25. The van der Waals surface area contributed by atoms with Gasteiger partial charge in [-0.1, -0.05) is 96.8 Å². The van der Waals surface area contributed by atoms with Crippen molar-refractivity contribution in [3.8, 4) is 0 Å². The molecule has 0 amide bonds.